The van der Waals surface area contributed by atoms with E-state index < -0.39 is 6.10 Å². The number of allylic oxidation sites excluding steroid dienone is 14. The molecule has 1 atom stereocenters. The highest BCUT2D eigenvalue weighted by Gasteiger charge is 2.19. The summed E-state index contributed by atoms with van der Waals surface area (Å²) in [4.78, 5) is 37.8. The number of carbonyl (C=O) groups is 3. The summed E-state index contributed by atoms with van der Waals surface area (Å²) in [5, 5.41) is 0. The van der Waals surface area contributed by atoms with Gasteiger partial charge in [-0.3, -0.25) is 14.4 Å². The molecule has 0 fully saturated rings. The second kappa shape index (κ2) is 54.2. The lowest BCUT2D eigenvalue weighted by Gasteiger charge is -2.18. The van der Waals surface area contributed by atoms with Crippen molar-refractivity contribution in [2.45, 2.75) is 264 Å². The molecule has 0 aliphatic heterocycles. The summed E-state index contributed by atoms with van der Waals surface area (Å²) in [6.45, 7) is 6.44. The van der Waals surface area contributed by atoms with Gasteiger partial charge in [0, 0.05) is 19.3 Å². The predicted molar refractivity (Wildman–Crippen MR) is 284 cm³/mol. The number of hydrogen-bond donors (Lipinski definition) is 0. The number of esters is 3. The van der Waals surface area contributed by atoms with Crippen LogP contribution in [0.2, 0.25) is 0 Å². The van der Waals surface area contributed by atoms with E-state index in [0.717, 1.165) is 116 Å². The lowest BCUT2D eigenvalue weighted by Crippen LogP contribution is -2.30. The summed E-state index contributed by atoms with van der Waals surface area (Å²) < 4.78 is 16.7. The number of hydrogen-bond acceptors (Lipinski definition) is 6. The molecule has 378 valence electrons. The Bertz CT molecular complexity index is 1290. The van der Waals surface area contributed by atoms with Crippen LogP contribution in [0.5, 0.6) is 0 Å². The van der Waals surface area contributed by atoms with Crippen LogP contribution in [0.3, 0.4) is 0 Å². The quantitative estimate of drug-likeness (QED) is 0.0262. The van der Waals surface area contributed by atoms with Gasteiger partial charge in [-0.1, -0.05) is 228 Å². The Kier molecular flexibility index (Phi) is 51.4. The van der Waals surface area contributed by atoms with Gasteiger partial charge in [-0.15, -0.1) is 0 Å². The zero-order chi connectivity index (χ0) is 47.9. The summed E-state index contributed by atoms with van der Waals surface area (Å²) in [6.07, 6.45) is 70.2. The first kappa shape index (κ1) is 62.6. The van der Waals surface area contributed by atoms with Gasteiger partial charge in [-0.2, -0.15) is 0 Å². The van der Waals surface area contributed by atoms with E-state index in [1.807, 2.05) is 0 Å². The van der Waals surface area contributed by atoms with Crippen LogP contribution in [-0.4, -0.2) is 37.2 Å². The molecule has 1 unspecified atom stereocenters. The highest BCUT2D eigenvalue weighted by molar-refractivity contribution is 5.71. The molecule has 0 radical (unpaired) electrons. The van der Waals surface area contributed by atoms with E-state index in [2.05, 4.69) is 106 Å². The van der Waals surface area contributed by atoms with E-state index in [1.54, 1.807) is 0 Å². The molecule has 0 amide bonds. The average Bonchev–Trinajstić information content (AvgIpc) is 3.31. The first-order valence-corrected chi connectivity index (χ1v) is 27.6. The third kappa shape index (κ3) is 51.6. The molecule has 6 heteroatoms. The Morgan fingerprint density at radius 3 is 0.924 bits per heavy atom. The van der Waals surface area contributed by atoms with Gasteiger partial charge in [0.25, 0.3) is 0 Å². The number of ether oxygens (including phenoxy) is 3. The van der Waals surface area contributed by atoms with Gasteiger partial charge in [0.1, 0.15) is 13.2 Å². The molecule has 0 saturated carbocycles. The molecule has 66 heavy (non-hydrogen) atoms. The minimum absolute atomic E-state index is 0.0848. The minimum Gasteiger partial charge on any atom is -0.462 e. The van der Waals surface area contributed by atoms with Crippen LogP contribution in [0.15, 0.2) is 85.1 Å². The SMILES string of the molecule is CC/C=C\C/C=C\C/C=C\C/C=C\CCCCCCCCCCC(=O)OCC(COC(=O)CCCCCCCC)OC(=O)CCCCCCCC/C=C\C/C=C\C/C=C\CCCCCCC. The molecule has 0 bridgehead atoms. The van der Waals surface area contributed by atoms with Crippen molar-refractivity contribution in [2.75, 3.05) is 13.2 Å². The van der Waals surface area contributed by atoms with Crippen molar-refractivity contribution >= 4 is 17.9 Å². The van der Waals surface area contributed by atoms with E-state index in [4.69, 9.17) is 14.2 Å². The monoisotopic (exact) mass is 919 g/mol. The first-order valence-electron chi connectivity index (χ1n) is 27.6. The van der Waals surface area contributed by atoms with Crippen molar-refractivity contribution in [1.29, 1.82) is 0 Å². The summed E-state index contributed by atoms with van der Waals surface area (Å²) >= 11 is 0. The van der Waals surface area contributed by atoms with Crippen LogP contribution in [0, 0.1) is 0 Å². The lowest BCUT2D eigenvalue weighted by molar-refractivity contribution is -0.167. The minimum atomic E-state index is -0.784. The fraction of sp³-hybridized carbons (Fsp3) is 0.717. The number of unbranched alkanes of at least 4 members (excludes halogenated alkanes) is 24. The van der Waals surface area contributed by atoms with E-state index >= 15 is 0 Å². The van der Waals surface area contributed by atoms with Gasteiger partial charge in [0.15, 0.2) is 6.10 Å². The molecule has 0 saturated heterocycles. The summed E-state index contributed by atoms with van der Waals surface area (Å²) in [5.41, 5.74) is 0. The zero-order valence-electron chi connectivity index (χ0n) is 43.2. The van der Waals surface area contributed by atoms with Gasteiger partial charge < -0.3 is 14.2 Å². The molecular formula is C60H102O6. The Labute approximate surface area is 407 Å². The van der Waals surface area contributed by atoms with Crippen molar-refractivity contribution in [1.82, 2.24) is 0 Å². The summed E-state index contributed by atoms with van der Waals surface area (Å²) in [7, 11) is 0. The number of rotatable bonds is 49. The van der Waals surface area contributed by atoms with Gasteiger partial charge in [-0.05, 0) is 96.3 Å². The smallest absolute Gasteiger partial charge is 0.306 e. The molecule has 0 aromatic carbocycles. The van der Waals surface area contributed by atoms with E-state index in [0.29, 0.717) is 19.3 Å². The van der Waals surface area contributed by atoms with Crippen molar-refractivity contribution < 1.29 is 28.6 Å². The standard InChI is InChI=1S/C60H102O6/c1-4-7-10-13-16-18-20-22-24-26-28-30-32-34-36-38-40-42-44-47-50-53-59(62)65-56-57(55-64-58(61)52-49-46-15-12-9-6-3)66-60(63)54-51-48-45-43-41-39-37-35-33-31-29-27-25-23-21-19-17-14-11-8-5-2/h7,10,16,18,21-24,27-30,33,35,57H,4-6,8-9,11-15,17,19-20,25-26,31-32,34,36-56H2,1-3H3/b10-7-,18-16-,23-21-,24-22-,29-27-,30-28-,35-33-. The Balaban J connectivity index is 4.23. The van der Waals surface area contributed by atoms with Crippen molar-refractivity contribution in [3.8, 4) is 0 Å². The second-order valence-electron chi connectivity index (χ2n) is 18.1. The molecular weight excluding hydrogens is 817 g/mol. The van der Waals surface area contributed by atoms with Crippen molar-refractivity contribution in [2.24, 2.45) is 0 Å². The predicted octanol–water partition coefficient (Wildman–Crippen LogP) is 18.4. The Morgan fingerprint density at radius 2 is 0.591 bits per heavy atom. The average molecular weight is 919 g/mol. The Morgan fingerprint density at radius 1 is 0.318 bits per heavy atom. The molecule has 0 heterocycles. The topological polar surface area (TPSA) is 78.9 Å². The van der Waals surface area contributed by atoms with Crippen molar-refractivity contribution in [3.05, 3.63) is 85.1 Å². The Hall–Kier alpha value is -3.41. The maximum Gasteiger partial charge on any atom is 0.306 e. The maximum absolute atomic E-state index is 12.8. The maximum atomic E-state index is 12.8. The molecule has 0 aromatic heterocycles. The van der Waals surface area contributed by atoms with Gasteiger partial charge >= 0.3 is 17.9 Å². The lowest BCUT2D eigenvalue weighted by atomic mass is 10.1. The van der Waals surface area contributed by atoms with Gasteiger partial charge in [0.05, 0.1) is 0 Å². The highest BCUT2D eigenvalue weighted by Crippen LogP contribution is 2.14. The second-order valence-corrected chi connectivity index (χ2v) is 18.1. The largest absolute Gasteiger partial charge is 0.462 e. The van der Waals surface area contributed by atoms with Crippen LogP contribution in [0.25, 0.3) is 0 Å². The molecule has 0 N–H and O–H groups in total. The van der Waals surface area contributed by atoms with Crippen LogP contribution in [-0.2, 0) is 28.6 Å². The van der Waals surface area contributed by atoms with E-state index in [-0.39, 0.29) is 31.1 Å². The van der Waals surface area contributed by atoms with Crippen LogP contribution in [0.1, 0.15) is 258 Å². The molecule has 6 nitrogen and oxygen atoms in total. The third-order valence-corrected chi connectivity index (χ3v) is 11.6. The van der Waals surface area contributed by atoms with Gasteiger partial charge in [0.2, 0.25) is 0 Å². The van der Waals surface area contributed by atoms with E-state index in [9.17, 15) is 14.4 Å². The molecule has 0 spiro atoms. The highest BCUT2D eigenvalue weighted by atomic mass is 16.6. The van der Waals surface area contributed by atoms with Crippen LogP contribution < -0.4 is 0 Å². The van der Waals surface area contributed by atoms with Crippen molar-refractivity contribution in [3.63, 3.8) is 0 Å². The molecule has 0 aromatic rings. The molecule has 0 rings (SSSR count). The van der Waals surface area contributed by atoms with E-state index in [1.165, 1.54) is 103 Å². The number of carbonyl (C=O) groups excluding carboxylic acids is 3. The third-order valence-electron chi connectivity index (χ3n) is 11.6. The first-order chi connectivity index (χ1) is 32.5. The van der Waals surface area contributed by atoms with Crippen LogP contribution >= 0.6 is 0 Å². The molecule has 0 aliphatic carbocycles. The fourth-order valence-electron chi connectivity index (χ4n) is 7.50. The zero-order valence-corrected chi connectivity index (χ0v) is 43.2. The van der Waals surface area contributed by atoms with Gasteiger partial charge in [-0.25, -0.2) is 0 Å². The van der Waals surface area contributed by atoms with Crippen LogP contribution in [0.4, 0.5) is 0 Å². The normalized spacial score (nSPS) is 12.7. The molecule has 0 aliphatic rings. The fourth-order valence-corrected chi connectivity index (χ4v) is 7.50. The summed E-state index contributed by atoms with van der Waals surface area (Å²) in [5.74, 6) is -0.913. The summed E-state index contributed by atoms with van der Waals surface area (Å²) in [6, 6.07) is 0.